The van der Waals surface area contributed by atoms with E-state index in [0.29, 0.717) is 11.2 Å². The molecule has 92 valence electrons. The molecular weight excluding hydrogens is 230 g/mol. The smallest absolute Gasteiger partial charge is 0.201 e. The third-order valence-electron chi connectivity index (χ3n) is 3.16. The van der Waals surface area contributed by atoms with E-state index in [1.54, 1.807) is 0 Å². The lowest BCUT2D eigenvalue weighted by Gasteiger charge is -2.11. The molecule has 17 heavy (non-hydrogen) atoms. The lowest BCUT2D eigenvalue weighted by atomic mass is 10.2. The van der Waals surface area contributed by atoms with Gasteiger partial charge in [0.25, 0.3) is 0 Å². The molecule has 0 amide bonds. The van der Waals surface area contributed by atoms with E-state index in [1.165, 1.54) is 11.1 Å². The minimum absolute atomic E-state index is 0.627. The van der Waals surface area contributed by atoms with Gasteiger partial charge in [-0.2, -0.15) is 11.8 Å². The summed E-state index contributed by atoms with van der Waals surface area (Å²) in [7, 11) is 0. The van der Waals surface area contributed by atoms with Crippen LogP contribution in [0, 0.1) is 6.92 Å². The molecule has 0 aliphatic carbocycles. The third kappa shape index (κ3) is 2.41. The number of nitrogens with zero attached hydrogens (tertiary/aromatic N) is 2. The largest absolute Gasteiger partial charge is 0.369 e. The van der Waals surface area contributed by atoms with Crippen LogP contribution in [0.4, 0.5) is 5.95 Å². The first kappa shape index (κ1) is 12.3. The first-order valence-electron chi connectivity index (χ1n) is 5.87. The number of benzene rings is 1. The Morgan fingerprint density at radius 3 is 2.94 bits per heavy atom. The Bertz CT molecular complexity index is 519. The van der Waals surface area contributed by atoms with Crippen molar-refractivity contribution in [2.75, 3.05) is 12.0 Å². The molecule has 0 aliphatic heterocycles. The Morgan fingerprint density at radius 2 is 2.24 bits per heavy atom. The summed E-state index contributed by atoms with van der Waals surface area (Å²) >= 11 is 1.89. The van der Waals surface area contributed by atoms with Gasteiger partial charge in [-0.3, -0.25) is 0 Å². The van der Waals surface area contributed by atoms with E-state index in [9.17, 15) is 0 Å². The van der Waals surface area contributed by atoms with Crippen molar-refractivity contribution in [2.24, 2.45) is 0 Å². The van der Waals surface area contributed by atoms with Gasteiger partial charge >= 0.3 is 0 Å². The van der Waals surface area contributed by atoms with E-state index in [0.717, 1.165) is 18.5 Å². The van der Waals surface area contributed by atoms with Crippen LogP contribution in [0.15, 0.2) is 18.2 Å². The van der Waals surface area contributed by atoms with Crippen LogP contribution in [0.3, 0.4) is 0 Å². The van der Waals surface area contributed by atoms with Gasteiger partial charge < -0.3 is 10.3 Å². The second kappa shape index (κ2) is 5.00. The van der Waals surface area contributed by atoms with Crippen molar-refractivity contribution >= 4 is 28.7 Å². The fraction of sp³-hybridized carbons (Fsp3) is 0.462. The van der Waals surface area contributed by atoms with E-state index in [4.69, 9.17) is 5.73 Å². The highest BCUT2D eigenvalue weighted by Gasteiger charge is 2.10. The molecule has 1 unspecified atom stereocenters. The van der Waals surface area contributed by atoms with Gasteiger partial charge in [-0.15, -0.1) is 0 Å². The number of anilines is 1. The molecular formula is C13H19N3S. The molecule has 2 N–H and O–H groups in total. The van der Waals surface area contributed by atoms with Gasteiger partial charge in [-0.05, 0) is 31.2 Å². The highest BCUT2D eigenvalue weighted by Crippen LogP contribution is 2.22. The standard InChI is InChI=1S/C13H19N3S/c1-9-5-4-6-11-12(9)16(13(14)15-11)8-7-10(2)17-3/h4-6,10H,7-8H2,1-3H3,(H2,14,15). The van der Waals surface area contributed by atoms with E-state index >= 15 is 0 Å². The van der Waals surface area contributed by atoms with Crippen molar-refractivity contribution in [3.8, 4) is 0 Å². The van der Waals surface area contributed by atoms with E-state index in [1.807, 2.05) is 23.9 Å². The average Bonchev–Trinajstić information content (AvgIpc) is 2.63. The van der Waals surface area contributed by atoms with Gasteiger partial charge in [0.15, 0.2) is 0 Å². The Balaban J connectivity index is 2.35. The second-order valence-corrected chi connectivity index (χ2v) is 5.68. The summed E-state index contributed by atoms with van der Waals surface area (Å²) < 4.78 is 2.14. The number of aryl methyl sites for hydroxylation is 2. The van der Waals surface area contributed by atoms with Gasteiger partial charge in [0.1, 0.15) is 0 Å². The Labute approximate surface area is 106 Å². The summed E-state index contributed by atoms with van der Waals surface area (Å²) in [6, 6.07) is 6.16. The van der Waals surface area contributed by atoms with E-state index in [-0.39, 0.29) is 0 Å². The molecule has 1 atom stereocenters. The lowest BCUT2D eigenvalue weighted by Crippen LogP contribution is -2.08. The molecule has 1 aromatic heterocycles. The number of rotatable bonds is 4. The molecule has 0 saturated carbocycles. The van der Waals surface area contributed by atoms with Crippen LogP contribution in [0.2, 0.25) is 0 Å². The van der Waals surface area contributed by atoms with Crippen LogP contribution in [0.5, 0.6) is 0 Å². The van der Waals surface area contributed by atoms with Gasteiger partial charge in [0.2, 0.25) is 5.95 Å². The number of thioether (sulfide) groups is 1. The molecule has 3 nitrogen and oxygen atoms in total. The highest BCUT2D eigenvalue weighted by molar-refractivity contribution is 7.99. The first-order chi connectivity index (χ1) is 8.13. The number of aromatic nitrogens is 2. The fourth-order valence-corrected chi connectivity index (χ4v) is 2.38. The average molecular weight is 249 g/mol. The van der Waals surface area contributed by atoms with Crippen molar-refractivity contribution in [3.05, 3.63) is 23.8 Å². The maximum atomic E-state index is 5.99. The number of nitrogens with two attached hydrogens (primary N) is 1. The van der Waals surface area contributed by atoms with Crippen molar-refractivity contribution in [3.63, 3.8) is 0 Å². The number of fused-ring (bicyclic) bond motifs is 1. The molecule has 2 aromatic rings. The van der Waals surface area contributed by atoms with E-state index in [2.05, 4.69) is 35.7 Å². The molecule has 0 bridgehead atoms. The van der Waals surface area contributed by atoms with Crippen molar-refractivity contribution in [1.29, 1.82) is 0 Å². The highest BCUT2D eigenvalue weighted by atomic mass is 32.2. The van der Waals surface area contributed by atoms with Crippen LogP contribution in [-0.2, 0) is 6.54 Å². The maximum Gasteiger partial charge on any atom is 0.201 e. The number of imidazole rings is 1. The first-order valence-corrected chi connectivity index (χ1v) is 7.16. The third-order valence-corrected chi connectivity index (χ3v) is 4.20. The van der Waals surface area contributed by atoms with Crippen LogP contribution in [0.25, 0.3) is 11.0 Å². The van der Waals surface area contributed by atoms with Crippen LogP contribution < -0.4 is 5.73 Å². The summed E-state index contributed by atoms with van der Waals surface area (Å²) in [6.07, 6.45) is 3.26. The van der Waals surface area contributed by atoms with Crippen molar-refractivity contribution < 1.29 is 0 Å². The normalized spacial score (nSPS) is 13.1. The molecule has 0 aliphatic rings. The Hall–Kier alpha value is -1.16. The van der Waals surface area contributed by atoms with Gasteiger partial charge in [-0.1, -0.05) is 19.1 Å². The van der Waals surface area contributed by atoms with E-state index < -0.39 is 0 Å². The van der Waals surface area contributed by atoms with Crippen LogP contribution >= 0.6 is 11.8 Å². The molecule has 0 saturated heterocycles. The number of para-hydroxylation sites is 1. The molecule has 1 heterocycles. The quantitative estimate of drug-likeness (QED) is 0.905. The topological polar surface area (TPSA) is 43.8 Å². The molecule has 1 aromatic carbocycles. The molecule has 0 spiro atoms. The molecule has 0 radical (unpaired) electrons. The molecule has 4 heteroatoms. The minimum Gasteiger partial charge on any atom is -0.369 e. The number of nitrogen functional groups attached to an aromatic ring is 1. The molecule has 2 rings (SSSR count). The van der Waals surface area contributed by atoms with Crippen molar-refractivity contribution in [2.45, 2.75) is 32.1 Å². The minimum atomic E-state index is 0.627. The predicted octanol–water partition coefficient (Wildman–Crippen LogP) is 3.07. The zero-order valence-electron chi connectivity index (χ0n) is 10.6. The Morgan fingerprint density at radius 1 is 1.47 bits per heavy atom. The number of hydrogen-bond donors (Lipinski definition) is 1. The summed E-state index contributed by atoms with van der Waals surface area (Å²) in [5, 5.41) is 0.649. The summed E-state index contributed by atoms with van der Waals surface area (Å²) in [5.41, 5.74) is 9.41. The lowest BCUT2D eigenvalue weighted by molar-refractivity contribution is 0.662. The summed E-state index contributed by atoms with van der Waals surface area (Å²) in [4.78, 5) is 4.41. The fourth-order valence-electron chi connectivity index (χ4n) is 2.04. The van der Waals surface area contributed by atoms with Gasteiger partial charge in [0, 0.05) is 11.8 Å². The van der Waals surface area contributed by atoms with Crippen molar-refractivity contribution in [1.82, 2.24) is 9.55 Å². The predicted molar refractivity (Wildman–Crippen MR) is 76.5 cm³/mol. The van der Waals surface area contributed by atoms with Crippen LogP contribution in [0.1, 0.15) is 18.9 Å². The zero-order valence-corrected chi connectivity index (χ0v) is 11.4. The van der Waals surface area contributed by atoms with Crippen LogP contribution in [-0.4, -0.2) is 21.1 Å². The SMILES string of the molecule is CSC(C)CCn1c(N)nc2cccc(C)c21. The molecule has 0 fully saturated rings. The number of hydrogen-bond acceptors (Lipinski definition) is 3. The zero-order chi connectivity index (χ0) is 12.4. The summed E-state index contributed by atoms with van der Waals surface area (Å²) in [6.45, 7) is 5.29. The second-order valence-electron chi connectivity index (χ2n) is 4.40. The Kier molecular flexibility index (Phi) is 3.62. The monoisotopic (exact) mass is 249 g/mol. The summed E-state index contributed by atoms with van der Waals surface area (Å²) in [5.74, 6) is 0.627. The van der Waals surface area contributed by atoms with Gasteiger partial charge in [-0.25, -0.2) is 4.98 Å². The maximum absolute atomic E-state index is 5.99. The van der Waals surface area contributed by atoms with Gasteiger partial charge in [0.05, 0.1) is 11.0 Å².